The van der Waals surface area contributed by atoms with Crippen LogP contribution in [0.1, 0.15) is 17.6 Å². The summed E-state index contributed by atoms with van der Waals surface area (Å²) in [5.74, 6) is 0.150. The van der Waals surface area contributed by atoms with Crippen molar-refractivity contribution in [3.8, 4) is 0 Å². The van der Waals surface area contributed by atoms with Gasteiger partial charge in [-0.25, -0.2) is 9.67 Å². The Morgan fingerprint density at radius 1 is 1.33 bits per heavy atom. The fraction of sp³-hybridized carbons (Fsp3) is 0.267. The van der Waals surface area contributed by atoms with Crippen molar-refractivity contribution in [1.82, 2.24) is 24.5 Å². The second kappa shape index (κ2) is 5.44. The largest absolute Gasteiger partial charge is 0.397 e. The number of nitrogen functional groups attached to an aromatic ring is 1. The Labute approximate surface area is 136 Å². The Morgan fingerprint density at radius 3 is 2.96 bits per heavy atom. The number of amides is 1. The second-order valence-electron chi connectivity index (χ2n) is 5.79. The molecule has 24 heavy (non-hydrogen) atoms. The molecule has 1 saturated carbocycles. The van der Waals surface area contributed by atoms with Crippen LogP contribution in [0.5, 0.6) is 0 Å². The van der Waals surface area contributed by atoms with Crippen LogP contribution < -0.4 is 11.1 Å². The summed E-state index contributed by atoms with van der Waals surface area (Å²) in [5, 5.41) is 10.4. The van der Waals surface area contributed by atoms with Gasteiger partial charge in [0.2, 0.25) is 5.91 Å². The molecule has 9 nitrogen and oxygen atoms in total. The summed E-state index contributed by atoms with van der Waals surface area (Å²) in [6.07, 6.45) is 4.80. The molecule has 3 N–H and O–H groups in total. The van der Waals surface area contributed by atoms with E-state index in [-0.39, 0.29) is 24.3 Å². The third-order valence-electron chi connectivity index (χ3n) is 3.91. The Kier molecular flexibility index (Phi) is 3.26. The van der Waals surface area contributed by atoms with Crippen LogP contribution in [0.4, 0.5) is 11.5 Å². The van der Waals surface area contributed by atoms with Gasteiger partial charge in [0.05, 0.1) is 17.4 Å². The van der Waals surface area contributed by atoms with E-state index in [4.69, 9.17) is 5.73 Å². The topological polar surface area (TPSA) is 121 Å². The van der Waals surface area contributed by atoms with E-state index in [0.717, 1.165) is 12.8 Å². The summed E-state index contributed by atoms with van der Waals surface area (Å²) >= 11 is 0. The van der Waals surface area contributed by atoms with Gasteiger partial charge >= 0.3 is 0 Å². The fourth-order valence-electron chi connectivity index (χ4n) is 2.48. The molecule has 3 aromatic rings. The fourth-order valence-corrected chi connectivity index (χ4v) is 2.48. The van der Waals surface area contributed by atoms with Crippen molar-refractivity contribution >= 4 is 34.4 Å². The number of hydrogen-bond acceptors (Lipinski definition) is 6. The monoisotopic (exact) mass is 325 g/mol. The van der Waals surface area contributed by atoms with Crippen LogP contribution in [0.2, 0.25) is 0 Å². The number of carbonyl (C=O) groups is 2. The van der Waals surface area contributed by atoms with Crippen molar-refractivity contribution in [2.75, 3.05) is 11.1 Å². The number of fused-ring (bicyclic) bond motifs is 1. The molecule has 0 atom stereocenters. The molecule has 0 radical (unpaired) electrons. The number of anilines is 2. The predicted octanol–water partition coefficient (Wildman–Crippen LogP) is 0.899. The lowest BCUT2D eigenvalue weighted by atomic mass is 10.3. The molecule has 1 fully saturated rings. The van der Waals surface area contributed by atoms with Gasteiger partial charge in [0, 0.05) is 5.92 Å². The SMILES string of the molecule is Nc1cccc2c1ncn2C(=O)Cn1cc(NC(=O)C2CC2)nn1. The highest BCUT2D eigenvalue weighted by Gasteiger charge is 2.30. The van der Waals surface area contributed by atoms with Gasteiger partial charge < -0.3 is 11.1 Å². The summed E-state index contributed by atoms with van der Waals surface area (Å²) in [4.78, 5) is 28.3. The van der Waals surface area contributed by atoms with Crippen LogP contribution in [-0.4, -0.2) is 36.4 Å². The summed E-state index contributed by atoms with van der Waals surface area (Å²) in [6.45, 7) is -0.0213. The summed E-state index contributed by atoms with van der Waals surface area (Å²) < 4.78 is 2.80. The minimum Gasteiger partial charge on any atom is -0.397 e. The zero-order valence-electron chi connectivity index (χ0n) is 12.7. The summed E-state index contributed by atoms with van der Waals surface area (Å²) in [6, 6.07) is 5.28. The van der Waals surface area contributed by atoms with Gasteiger partial charge in [-0.3, -0.25) is 14.2 Å². The minimum absolute atomic E-state index is 0.0213. The van der Waals surface area contributed by atoms with Crippen molar-refractivity contribution in [1.29, 1.82) is 0 Å². The lowest BCUT2D eigenvalue weighted by molar-refractivity contribution is -0.117. The number of carbonyl (C=O) groups excluding carboxylic acids is 2. The zero-order valence-corrected chi connectivity index (χ0v) is 12.7. The highest BCUT2D eigenvalue weighted by atomic mass is 16.2. The van der Waals surface area contributed by atoms with Crippen LogP contribution in [0.25, 0.3) is 11.0 Å². The maximum Gasteiger partial charge on any atom is 0.254 e. The first-order valence-electron chi connectivity index (χ1n) is 7.57. The summed E-state index contributed by atoms with van der Waals surface area (Å²) in [5.41, 5.74) is 7.59. The average molecular weight is 325 g/mol. The summed E-state index contributed by atoms with van der Waals surface area (Å²) in [7, 11) is 0. The molecule has 0 spiro atoms. The molecule has 1 aromatic carbocycles. The number of nitrogens with zero attached hydrogens (tertiary/aromatic N) is 5. The number of hydrogen-bond donors (Lipinski definition) is 2. The first-order valence-corrected chi connectivity index (χ1v) is 7.57. The normalized spacial score (nSPS) is 14.0. The Bertz CT molecular complexity index is 938. The molecule has 0 unspecified atom stereocenters. The van der Waals surface area contributed by atoms with Gasteiger partial charge in [-0.05, 0) is 25.0 Å². The van der Waals surface area contributed by atoms with E-state index in [1.54, 1.807) is 18.2 Å². The maximum absolute atomic E-state index is 12.5. The van der Waals surface area contributed by atoms with Crippen molar-refractivity contribution in [3.05, 3.63) is 30.7 Å². The number of aromatic nitrogens is 5. The quantitative estimate of drug-likeness (QED) is 0.687. The van der Waals surface area contributed by atoms with Gasteiger partial charge in [0.1, 0.15) is 18.4 Å². The van der Waals surface area contributed by atoms with Gasteiger partial charge in [-0.1, -0.05) is 11.3 Å². The lowest BCUT2D eigenvalue weighted by Gasteiger charge is -2.03. The lowest BCUT2D eigenvalue weighted by Crippen LogP contribution is -2.17. The Balaban J connectivity index is 1.50. The van der Waals surface area contributed by atoms with Crippen LogP contribution in [-0.2, 0) is 11.3 Å². The number of nitrogens with two attached hydrogens (primary N) is 1. The molecule has 0 saturated heterocycles. The van der Waals surface area contributed by atoms with E-state index < -0.39 is 0 Å². The molecule has 1 amide bonds. The zero-order chi connectivity index (χ0) is 16.7. The van der Waals surface area contributed by atoms with Gasteiger partial charge in [0.25, 0.3) is 5.91 Å². The van der Waals surface area contributed by atoms with Crippen molar-refractivity contribution in [2.24, 2.45) is 5.92 Å². The Morgan fingerprint density at radius 2 is 2.17 bits per heavy atom. The third kappa shape index (κ3) is 2.60. The average Bonchev–Trinajstić information content (AvgIpc) is 3.18. The van der Waals surface area contributed by atoms with Crippen LogP contribution in [0.3, 0.4) is 0 Å². The van der Waals surface area contributed by atoms with Crippen LogP contribution >= 0.6 is 0 Å². The maximum atomic E-state index is 12.5. The number of benzene rings is 1. The van der Waals surface area contributed by atoms with Gasteiger partial charge in [-0.15, -0.1) is 5.10 Å². The molecule has 4 rings (SSSR count). The third-order valence-corrected chi connectivity index (χ3v) is 3.91. The van der Waals surface area contributed by atoms with Crippen LogP contribution in [0.15, 0.2) is 30.7 Å². The highest BCUT2D eigenvalue weighted by molar-refractivity contribution is 5.95. The number of nitrogens with one attached hydrogen (secondary N) is 1. The van der Waals surface area contributed by atoms with Crippen LogP contribution in [0, 0.1) is 5.92 Å². The van der Waals surface area contributed by atoms with E-state index in [2.05, 4.69) is 20.6 Å². The van der Waals surface area contributed by atoms with E-state index in [0.29, 0.717) is 22.5 Å². The van der Waals surface area contributed by atoms with Crippen molar-refractivity contribution in [3.63, 3.8) is 0 Å². The molecule has 2 heterocycles. The van der Waals surface area contributed by atoms with E-state index in [1.807, 2.05) is 0 Å². The molecule has 1 aliphatic carbocycles. The van der Waals surface area contributed by atoms with E-state index in [1.165, 1.54) is 21.8 Å². The standard InChI is InChI=1S/C15H15N7O2/c16-10-2-1-3-11-14(10)17-8-22(11)13(23)7-21-6-12(19-20-21)18-15(24)9-4-5-9/h1-3,6,8-9H,4-5,7,16H2,(H,18,24). The minimum atomic E-state index is -0.229. The van der Waals surface area contributed by atoms with Gasteiger partial charge in [-0.2, -0.15) is 0 Å². The van der Waals surface area contributed by atoms with E-state index in [9.17, 15) is 9.59 Å². The smallest absolute Gasteiger partial charge is 0.254 e. The first kappa shape index (κ1) is 14.4. The number of imidazole rings is 1. The molecular formula is C15H15N7O2. The molecule has 2 aromatic heterocycles. The predicted molar refractivity (Wildman–Crippen MR) is 86.1 cm³/mol. The first-order chi connectivity index (χ1) is 11.6. The molecule has 9 heteroatoms. The molecule has 0 aliphatic heterocycles. The molecule has 0 bridgehead atoms. The van der Waals surface area contributed by atoms with Crippen molar-refractivity contribution in [2.45, 2.75) is 19.4 Å². The second-order valence-corrected chi connectivity index (χ2v) is 5.79. The molecule has 122 valence electrons. The molecule has 1 aliphatic rings. The number of para-hydroxylation sites is 1. The highest BCUT2D eigenvalue weighted by Crippen LogP contribution is 2.29. The molecular weight excluding hydrogens is 310 g/mol. The van der Waals surface area contributed by atoms with Crippen molar-refractivity contribution < 1.29 is 9.59 Å². The van der Waals surface area contributed by atoms with E-state index >= 15 is 0 Å². The Hall–Kier alpha value is -3.23. The van der Waals surface area contributed by atoms with Gasteiger partial charge in [0.15, 0.2) is 5.82 Å². The number of rotatable bonds is 4.